The number of esters is 1. The van der Waals surface area contributed by atoms with Crippen molar-refractivity contribution in [1.29, 1.82) is 0 Å². The molecular weight excluding hydrogens is 469 g/mol. The number of ether oxygens (including phenoxy) is 1. The number of fused-ring (bicyclic) bond motifs is 3. The molecule has 0 radical (unpaired) electrons. The molecule has 3 aromatic rings. The van der Waals surface area contributed by atoms with E-state index in [0.717, 1.165) is 30.6 Å². The van der Waals surface area contributed by atoms with Crippen molar-refractivity contribution in [3.05, 3.63) is 64.1 Å². The van der Waals surface area contributed by atoms with Crippen molar-refractivity contribution < 1.29 is 27.1 Å². The van der Waals surface area contributed by atoms with Crippen LogP contribution in [0.2, 0.25) is 5.02 Å². The molecule has 33 heavy (non-hydrogen) atoms. The summed E-state index contributed by atoms with van der Waals surface area (Å²) in [4.78, 5) is 24.4. The second kappa shape index (κ2) is 8.91. The number of carbonyl (C=O) groups is 2. The Labute approximate surface area is 196 Å². The molecule has 0 saturated heterocycles. The van der Waals surface area contributed by atoms with Gasteiger partial charge in [-0.1, -0.05) is 23.7 Å². The molecule has 0 unspecified atom stereocenters. The van der Waals surface area contributed by atoms with E-state index in [9.17, 15) is 22.4 Å². The van der Waals surface area contributed by atoms with Gasteiger partial charge in [0.1, 0.15) is 18.1 Å². The number of hydrogen-bond donors (Lipinski definition) is 0. The lowest BCUT2D eigenvalue weighted by Gasteiger charge is -2.27. The Morgan fingerprint density at radius 1 is 1.30 bits per heavy atom. The molecule has 0 fully saturated rings. The summed E-state index contributed by atoms with van der Waals surface area (Å²) in [5, 5.41) is 0.936. The molecule has 1 aromatic heterocycles. The molecule has 2 aromatic carbocycles. The van der Waals surface area contributed by atoms with Crippen molar-refractivity contribution in [2.75, 3.05) is 13.4 Å². The smallest absolute Gasteiger partial charge is 0.306 e. The number of aldehydes is 1. The first-order chi connectivity index (χ1) is 15.7. The van der Waals surface area contributed by atoms with Gasteiger partial charge in [0.05, 0.1) is 23.9 Å². The molecule has 0 amide bonds. The summed E-state index contributed by atoms with van der Waals surface area (Å²) in [5.41, 5.74) is 2.30. The third-order valence-electron chi connectivity index (χ3n) is 6.20. The average Bonchev–Trinajstić information content (AvgIpc) is 3.09. The molecule has 0 aliphatic heterocycles. The van der Waals surface area contributed by atoms with Gasteiger partial charge in [0.15, 0.2) is 9.84 Å². The topological polar surface area (TPSA) is 82.4 Å². The van der Waals surface area contributed by atoms with Crippen LogP contribution >= 0.6 is 11.6 Å². The van der Waals surface area contributed by atoms with E-state index >= 15 is 0 Å². The summed E-state index contributed by atoms with van der Waals surface area (Å²) in [6, 6.07) is 8.09. The van der Waals surface area contributed by atoms with Crippen LogP contribution in [-0.2, 0) is 30.6 Å². The molecule has 174 valence electrons. The van der Waals surface area contributed by atoms with Gasteiger partial charge < -0.3 is 14.1 Å². The number of nitrogens with zero attached hydrogens (tertiary/aromatic N) is 1. The van der Waals surface area contributed by atoms with Gasteiger partial charge in [0.2, 0.25) is 0 Å². The number of carbonyl (C=O) groups excluding carboxylic acids is 2. The van der Waals surface area contributed by atoms with Crippen molar-refractivity contribution in [1.82, 2.24) is 4.57 Å². The Hall–Kier alpha value is -2.71. The number of methoxy groups -OCH3 is 1. The van der Waals surface area contributed by atoms with E-state index in [1.165, 1.54) is 13.2 Å². The second-order valence-electron chi connectivity index (χ2n) is 8.31. The third-order valence-corrected chi connectivity index (χ3v) is 7.56. The normalized spacial score (nSPS) is 16.9. The number of benzene rings is 2. The van der Waals surface area contributed by atoms with Crippen molar-refractivity contribution in [2.24, 2.45) is 0 Å². The number of aryl methyl sites for hydroxylation is 1. The van der Waals surface area contributed by atoms with Gasteiger partial charge in [-0.3, -0.25) is 4.79 Å². The van der Waals surface area contributed by atoms with E-state index < -0.39 is 27.7 Å². The molecule has 2 atom stereocenters. The highest BCUT2D eigenvalue weighted by molar-refractivity contribution is 7.91. The van der Waals surface area contributed by atoms with Crippen LogP contribution in [0.5, 0.6) is 0 Å². The summed E-state index contributed by atoms with van der Waals surface area (Å²) in [7, 11) is -2.53. The van der Waals surface area contributed by atoms with Gasteiger partial charge in [-0.2, -0.15) is 0 Å². The first-order valence-corrected chi connectivity index (χ1v) is 12.8. The minimum absolute atomic E-state index is 0.0721. The van der Waals surface area contributed by atoms with Crippen molar-refractivity contribution in [3.63, 3.8) is 0 Å². The van der Waals surface area contributed by atoms with Gasteiger partial charge in [-0.15, -0.1) is 0 Å². The summed E-state index contributed by atoms with van der Waals surface area (Å²) in [5.74, 6) is -1.39. The molecule has 0 spiro atoms. The quantitative estimate of drug-likeness (QED) is 0.371. The Kier molecular flexibility index (Phi) is 6.33. The standard InChI is InChI=1S/C24H23ClFNO5S/c1-32-22(29)10-15-4-3-5-18-19-11-17(26)12-21(33(2,30)31)24(19)27(23(15)18)20(13-28)14-6-8-16(25)9-7-14/h6-9,11-13,15,20H,3-5,10H2,1-2H3/t15-,20+/m1/s1. The van der Waals surface area contributed by atoms with Gasteiger partial charge in [0, 0.05) is 28.3 Å². The van der Waals surface area contributed by atoms with Crippen LogP contribution in [0.25, 0.3) is 10.9 Å². The SMILES string of the molecule is COC(=O)C[C@H]1CCCc2c1n([C@@H](C=O)c1ccc(Cl)cc1)c1c(S(C)(=O)=O)cc(F)cc21. The predicted molar refractivity (Wildman–Crippen MR) is 123 cm³/mol. The molecule has 6 nitrogen and oxygen atoms in total. The van der Waals surface area contributed by atoms with E-state index in [1.54, 1.807) is 28.8 Å². The highest BCUT2D eigenvalue weighted by Crippen LogP contribution is 2.44. The monoisotopic (exact) mass is 491 g/mol. The van der Waals surface area contributed by atoms with E-state index in [-0.39, 0.29) is 22.8 Å². The Morgan fingerprint density at radius 2 is 2.00 bits per heavy atom. The zero-order valence-electron chi connectivity index (χ0n) is 18.2. The minimum atomic E-state index is -3.84. The number of sulfone groups is 1. The maximum absolute atomic E-state index is 14.6. The molecule has 1 aliphatic carbocycles. The maximum Gasteiger partial charge on any atom is 0.306 e. The Morgan fingerprint density at radius 3 is 2.61 bits per heavy atom. The zero-order valence-corrected chi connectivity index (χ0v) is 19.7. The molecule has 0 bridgehead atoms. The van der Waals surface area contributed by atoms with Crippen LogP contribution < -0.4 is 0 Å². The number of rotatable bonds is 6. The van der Waals surface area contributed by atoms with Gasteiger partial charge >= 0.3 is 5.97 Å². The van der Waals surface area contributed by atoms with E-state index in [2.05, 4.69) is 0 Å². The van der Waals surface area contributed by atoms with Crippen LogP contribution in [0.3, 0.4) is 0 Å². The molecule has 0 N–H and O–H groups in total. The summed E-state index contributed by atoms with van der Waals surface area (Å²) in [6.45, 7) is 0. The highest BCUT2D eigenvalue weighted by Gasteiger charge is 2.34. The molecule has 0 saturated carbocycles. The summed E-state index contributed by atoms with van der Waals surface area (Å²) in [6.07, 6.45) is 3.79. The summed E-state index contributed by atoms with van der Waals surface area (Å²) >= 11 is 6.03. The number of halogens is 2. The van der Waals surface area contributed by atoms with E-state index in [1.807, 2.05) is 0 Å². The summed E-state index contributed by atoms with van der Waals surface area (Å²) < 4.78 is 46.5. The number of hydrogen-bond acceptors (Lipinski definition) is 5. The lowest BCUT2D eigenvalue weighted by molar-refractivity contribution is -0.141. The van der Waals surface area contributed by atoms with Gasteiger partial charge in [-0.25, -0.2) is 12.8 Å². The first-order valence-electron chi connectivity index (χ1n) is 10.5. The Balaban J connectivity index is 2.12. The van der Waals surface area contributed by atoms with E-state index in [0.29, 0.717) is 34.5 Å². The predicted octanol–water partition coefficient (Wildman–Crippen LogP) is 4.61. The number of aromatic nitrogens is 1. The van der Waals surface area contributed by atoms with Crippen LogP contribution in [0.1, 0.15) is 48.0 Å². The van der Waals surface area contributed by atoms with Gasteiger partial charge in [-0.05, 0) is 54.7 Å². The lowest BCUT2D eigenvalue weighted by Crippen LogP contribution is -2.22. The molecular formula is C24H23ClFNO5S. The largest absolute Gasteiger partial charge is 0.469 e. The fraction of sp³-hybridized carbons (Fsp3) is 0.333. The molecule has 1 aliphatic rings. The van der Waals surface area contributed by atoms with Crippen molar-refractivity contribution in [2.45, 2.75) is 42.5 Å². The molecule has 1 heterocycles. The van der Waals surface area contributed by atoms with Crippen LogP contribution in [0, 0.1) is 5.82 Å². The highest BCUT2D eigenvalue weighted by atomic mass is 35.5. The third kappa shape index (κ3) is 4.29. The van der Waals surface area contributed by atoms with Crippen molar-refractivity contribution in [3.8, 4) is 0 Å². The Bertz CT molecular complexity index is 1350. The first kappa shape index (κ1) is 23.4. The second-order valence-corrected chi connectivity index (χ2v) is 10.7. The van der Waals surface area contributed by atoms with Crippen LogP contribution in [-0.4, -0.2) is 38.6 Å². The van der Waals surface area contributed by atoms with Gasteiger partial charge in [0.25, 0.3) is 0 Å². The average molecular weight is 492 g/mol. The maximum atomic E-state index is 14.6. The lowest BCUT2D eigenvalue weighted by atomic mass is 9.84. The molecule has 9 heteroatoms. The fourth-order valence-electron chi connectivity index (χ4n) is 4.83. The minimum Gasteiger partial charge on any atom is -0.469 e. The fourth-order valence-corrected chi connectivity index (χ4v) is 5.84. The van der Waals surface area contributed by atoms with E-state index in [4.69, 9.17) is 16.3 Å². The molecule has 4 rings (SSSR count). The zero-order chi connectivity index (χ0) is 23.9. The van der Waals surface area contributed by atoms with Crippen LogP contribution in [0.4, 0.5) is 4.39 Å². The van der Waals surface area contributed by atoms with Crippen molar-refractivity contribution >= 4 is 44.6 Å². The van der Waals surface area contributed by atoms with Crippen LogP contribution in [0.15, 0.2) is 41.3 Å².